The van der Waals surface area contributed by atoms with Crippen LogP contribution in [0.4, 0.5) is 16.2 Å². The summed E-state index contributed by atoms with van der Waals surface area (Å²) in [6, 6.07) is 7.83. The third kappa shape index (κ3) is 4.53. The van der Waals surface area contributed by atoms with Gasteiger partial charge in [-0.05, 0) is 44.9 Å². The summed E-state index contributed by atoms with van der Waals surface area (Å²) in [6.45, 7) is 6.29. The Bertz CT molecular complexity index is 698. The van der Waals surface area contributed by atoms with Crippen LogP contribution in [0.5, 0.6) is 0 Å². The van der Waals surface area contributed by atoms with Crippen molar-refractivity contribution in [3.63, 3.8) is 0 Å². The fourth-order valence-corrected chi connectivity index (χ4v) is 3.21. The molecule has 1 saturated heterocycles. The van der Waals surface area contributed by atoms with Gasteiger partial charge in [0.25, 0.3) is 0 Å². The molecule has 1 aliphatic heterocycles. The lowest BCUT2D eigenvalue weighted by Gasteiger charge is -2.23. The SMILES string of the molecule is Cc1noc(C)c1CNC(=O)Nc1cccc(N2CCCCCC2)c1. The van der Waals surface area contributed by atoms with E-state index in [1.165, 1.54) is 31.4 Å². The first-order valence-corrected chi connectivity index (χ1v) is 8.95. The number of carbonyl (C=O) groups is 1. The van der Waals surface area contributed by atoms with Gasteiger partial charge in [-0.3, -0.25) is 0 Å². The molecule has 1 aromatic carbocycles. The molecule has 134 valence electrons. The zero-order valence-electron chi connectivity index (χ0n) is 15.0. The van der Waals surface area contributed by atoms with Crippen molar-refractivity contribution in [2.24, 2.45) is 0 Å². The molecule has 1 fully saturated rings. The lowest BCUT2D eigenvalue weighted by molar-refractivity contribution is 0.251. The van der Waals surface area contributed by atoms with Crippen LogP contribution in [0.1, 0.15) is 42.7 Å². The molecule has 0 radical (unpaired) electrons. The minimum Gasteiger partial charge on any atom is -0.371 e. The highest BCUT2D eigenvalue weighted by molar-refractivity contribution is 5.89. The van der Waals surface area contributed by atoms with Crippen LogP contribution in [-0.2, 0) is 6.54 Å². The first-order chi connectivity index (χ1) is 12.1. The summed E-state index contributed by atoms with van der Waals surface area (Å²) in [4.78, 5) is 14.6. The minimum atomic E-state index is -0.229. The fraction of sp³-hybridized carbons (Fsp3) is 0.474. The summed E-state index contributed by atoms with van der Waals surface area (Å²) in [5, 5.41) is 9.67. The van der Waals surface area contributed by atoms with Gasteiger partial charge in [0, 0.05) is 36.6 Å². The minimum absolute atomic E-state index is 0.229. The monoisotopic (exact) mass is 342 g/mol. The van der Waals surface area contributed by atoms with Crippen LogP contribution in [0.25, 0.3) is 0 Å². The smallest absolute Gasteiger partial charge is 0.319 e. The summed E-state index contributed by atoms with van der Waals surface area (Å²) in [5.74, 6) is 0.737. The molecule has 2 amide bonds. The number of aryl methyl sites for hydroxylation is 2. The zero-order valence-corrected chi connectivity index (χ0v) is 15.0. The molecule has 2 heterocycles. The van der Waals surface area contributed by atoms with Gasteiger partial charge in [-0.15, -0.1) is 0 Å². The van der Waals surface area contributed by atoms with Gasteiger partial charge in [-0.2, -0.15) is 0 Å². The van der Waals surface area contributed by atoms with Crippen molar-refractivity contribution in [1.29, 1.82) is 0 Å². The van der Waals surface area contributed by atoms with Crippen molar-refractivity contribution in [1.82, 2.24) is 10.5 Å². The van der Waals surface area contributed by atoms with Gasteiger partial charge in [0.2, 0.25) is 0 Å². The van der Waals surface area contributed by atoms with E-state index in [1.54, 1.807) is 0 Å². The molecule has 0 aliphatic carbocycles. The number of carbonyl (C=O) groups excluding carboxylic acids is 1. The Morgan fingerprint density at radius 2 is 1.96 bits per heavy atom. The Labute approximate surface area is 148 Å². The predicted octanol–water partition coefficient (Wildman–Crippen LogP) is 3.99. The number of aromatic nitrogens is 1. The molecule has 6 nitrogen and oxygen atoms in total. The summed E-state index contributed by atoms with van der Waals surface area (Å²) in [7, 11) is 0. The van der Waals surface area contributed by atoms with Crippen LogP contribution in [0.15, 0.2) is 28.8 Å². The summed E-state index contributed by atoms with van der Waals surface area (Å²) >= 11 is 0. The maximum atomic E-state index is 12.2. The average molecular weight is 342 g/mol. The van der Waals surface area contributed by atoms with Crippen LogP contribution in [-0.4, -0.2) is 24.3 Å². The standard InChI is InChI=1S/C19H26N4O2/c1-14-18(15(2)25-22-14)13-20-19(24)21-16-8-7-9-17(12-16)23-10-5-3-4-6-11-23/h7-9,12H,3-6,10-11,13H2,1-2H3,(H2,20,21,24). The maximum Gasteiger partial charge on any atom is 0.319 e. The summed E-state index contributed by atoms with van der Waals surface area (Å²) in [5.41, 5.74) is 3.71. The van der Waals surface area contributed by atoms with E-state index in [9.17, 15) is 4.79 Å². The van der Waals surface area contributed by atoms with Crippen molar-refractivity contribution in [2.75, 3.05) is 23.3 Å². The quantitative estimate of drug-likeness (QED) is 0.881. The highest BCUT2D eigenvalue weighted by Gasteiger charge is 2.12. The van der Waals surface area contributed by atoms with Crippen molar-refractivity contribution in [3.05, 3.63) is 41.3 Å². The zero-order chi connectivity index (χ0) is 17.6. The van der Waals surface area contributed by atoms with Gasteiger partial charge < -0.3 is 20.1 Å². The lowest BCUT2D eigenvalue weighted by Crippen LogP contribution is -2.29. The van der Waals surface area contributed by atoms with E-state index in [0.717, 1.165) is 35.8 Å². The Balaban J connectivity index is 1.58. The van der Waals surface area contributed by atoms with Crippen LogP contribution in [0.3, 0.4) is 0 Å². The Morgan fingerprint density at radius 1 is 1.20 bits per heavy atom. The first kappa shape index (κ1) is 17.3. The van der Waals surface area contributed by atoms with Crippen molar-refractivity contribution in [2.45, 2.75) is 46.1 Å². The molecule has 2 aromatic rings. The Morgan fingerprint density at radius 3 is 2.64 bits per heavy atom. The molecule has 0 bridgehead atoms. The van der Waals surface area contributed by atoms with E-state index in [4.69, 9.17) is 4.52 Å². The van der Waals surface area contributed by atoms with Gasteiger partial charge in [0.1, 0.15) is 5.76 Å². The highest BCUT2D eigenvalue weighted by Crippen LogP contribution is 2.22. The summed E-state index contributed by atoms with van der Waals surface area (Å²) < 4.78 is 5.11. The number of hydrogen-bond acceptors (Lipinski definition) is 4. The van der Waals surface area contributed by atoms with E-state index in [-0.39, 0.29) is 6.03 Å². The van der Waals surface area contributed by atoms with Gasteiger partial charge in [0.15, 0.2) is 0 Å². The van der Waals surface area contributed by atoms with E-state index < -0.39 is 0 Å². The normalized spacial score (nSPS) is 14.9. The second-order valence-corrected chi connectivity index (χ2v) is 6.56. The number of rotatable bonds is 4. The maximum absolute atomic E-state index is 12.2. The largest absolute Gasteiger partial charge is 0.371 e. The van der Waals surface area contributed by atoms with Crippen LogP contribution >= 0.6 is 0 Å². The topological polar surface area (TPSA) is 70.4 Å². The number of benzene rings is 1. The van der Waals surface area contributed by atoms with E-state index >= 15 is 0 Å². The number of anilines is 2. The van der Waals surface area contributed by atoms with E-state index in [1.807, 2.05) is 32.0 Å². The number of urea groups is 1. The lowest BCUT2D eigenvalue weighted by atomic mass is 10.2. The molecule has 2 N–H and O–H groups in total. The molecule has 0 saturated carbocycles. The first-order valence-electron chi connectivity index (χ1n) is 8.95. The second kappa shape index (κ2) is 8.05. The van der Waals surface area contributed by atoms with E-state index in [0.29, 0.717) is 6.54 Å². The Hall–Kier alpha value is -2.50. The van der Waals surface area contributed by atoms with Gasteiger partial charge >= 0.3 is 6.03 Å². The number of hydrogen-bond donors (Lipinski definition) is 2. The van der Waals surface area contributed by atoms with Crippen LogP contribution in [0, 0.1) is 13.8 Å². The number of nitrogens with zero attached hydrogens (tertiary/aromatic N) is 2. The molecular formula is C19H26N4O2. The molecule has 1 aliphatic rings. The van der Waals surface area contributed by atoms with E-state index in [2.05, 4.69) is 26.8 Å². The van der Waals surface area contributed by atoms with Gasteiger partial charge in [-0.1, -0.05) is 24.1 Å². The molecule has 0 unspecified atom stereocenters. The fourth-order valence-electron chi connectivity index (χ4n) is 3.21. The molecule has 0 spiro atoms. The van der Waals surface area contributed by atoms with Crippen molar-refractivity contribution >= 4 is 17.4 Å². The average Bonchev–Trinajstić information content (AvgIpc) is 2.82. The molecule has 1 aromatic heterocycles. The van der Waals surface area contributed by atoms with Crippen molar-refractivity contribution in [3.8, 4) is 0 Å². The molecule has 0 atom stereocenters. The number of amides is 2. The third-order valence-corrected chi connectivity index (χ3v) is 4.68. The predicted molar refractivity (Wildman–Crippen MR) is 99.0 cm³/mol. The third-order valence-electron chi connectivity index (χ3n) is 4.68. The van der Waals surface area contributed by atoms with Crippen molar-refractivity contribution < 1.29 is 9.32 Å². The molecule has 6 heteroatoms. The van der Waals surface area contributed by atoms with Crippen LogP contribution in [0.2, 0.25) is 0 Å². The Kier molecular flexibility index (Phi) is 5.58. The molecule has 25 heavy (non-hydrogen) atoms. The molecular weight excluding hydrogens is 316 g/mol. The van der Waals surface area contributed by atoms with Gasteiger partial charge in [0.05, 0.1) is 5.69 Å². The molecule has 3 rings (SSSR count). The summed E-state index contributed by atoms with van der Waals surface area (Å²) in [6.07, 6.45) is 5.07. The van der Waals surface area contributed by atoms with Gasteiger partial charge in [-0.25, -0.2) is 4.79 Å². The number of nitrogens with one attached hydrogen (secondary N) is 2. The van der Waals surface area contributed by atoms with Crippen LogP contribution < -0.4 is 15.5 Å². The highest BCUT2D eigenvalue weighted by atomic mass is 16.5. The second-order valence-electron chi connectivity index (χ2n) is 6.56.